The van der Waals surface area contributed by atoms with E-state index in [2.05, 4.69) is 20.2 Å². The fourth-order valence-electron chi connectivity index (χ4n) is 1.88. The highest BCUT2D eigenvalue weighted by Crippen LogP contribution is 2.27. The normalized spacial score (nSPS) is 10.9. The van der Waals surface area contributed by atoms with Gasteiger partial charge < -0.3 is 5.73 Å². The van der Waals surface area contributed by atoms with E-state index in [4.69, 9.17) is 5.73 Å². The van der Waals surface area contributed by atoms with E-state index in [1.807, 2.05) is 25.1 Å². The van der Waals surface area contributed by atoms with Crippen molar-refractivity contribution in [3.63, 3.8) is 0 Å². The molecule has 3 N–H and O–H groups in total. The first-order valence-corrected chi connectivity index (χ1v) is 5.27. The van der Waals surface area contributed by atoms with Crippen LogP contribution in [0.25, 0.3) is 22.2 Å². The Morgan fingerprint density at radius 3 is 2.76 bits per heavy atom. The quantitative estimate of drug-likeness (QED) is 0.663. The van der Waals surface area contributed by atoms with Crippen molar-refractivity contribution < 1.29 is 0 Å². The first-order valence-electron chi connectivity index (χ1n) is 5.27. The molecule has 3 heterocycles. The third kappa shape index (κ3) is 1.52. The van der Waals surface area contributed by atoms with Gasteiger partial charge in [0.15, 0.2) is 11.5 Å². The van der Waals surface area contributed by atoms with Crippen molar-refractivity contribution in [2.24, 2.45) is 0 Å². The van der Waals surface area contributed by atoms with Gasteiger partial charge in [-0.05, 0) is 30.7 Å². The van der Waals surface area contributed by atoms with Gasteiger partial charge in [-0.3, -0.25) is 10.1 Å². The third-order valence-corrected chi connectivity index (χ3v) is 2.76. The number of anilines is 1. The van der Waals surface area contributed by atoms with Gasteiger partial charge in [0, 0.05) is 23.7 Å². The average molecular weight is 225 g/mol. The second-order valence-corrected chi connectivity index (χ2v) is 3.86. The Labute approximate surface area is 97.7 Å². The maximum Gasteiger partial charge on any atom is 0.157 e. The number of aryl methyl sites for hydroxylation is 1. The predicted octanol–water partition coefficient (Wildman–Crippen LogP) is 1.91. The van der Waals surface area contributed by atoms with Crippen molar-refractivity contribution in [2.75, 3.05) is 5.73 Å². The Hall–Kier alpha value is -2.43. The lowest BCUT2D eigenvalue weighted by molar-refractivity contribution is 1.09. The third-order valence-electron chi connectivity index (χ3n) is 2.76. The molecule has 17 heavy (non-hydrogen) atoms. The lowest BCUT2D eigenvalue weighted by Gasteiger charge is -2.05. The van der Waals surface area contributed by atoms with E-state index in [9.17, 15) is 0 Å². The molecule has 0 bridgehead atoms. The summed E-state index contributed by atoms with van der Waals surface area (Å²) in [5.41, 5.74) is 9.56. The number of hydrogen-bond donors (Lipinski definition) is 2. The zero-order valence-electron chi connectivity index (χ0n) is 9.31. The van der Waals surface area contributed by atoms with E-state index in [1.54, 1.807) is 12.4 Å². The molecule has 3 aromatic heterocycles. The molecule has 0 atom stereocenters. The second-order valence-electron chi connectivity index (χ2n) is 3.86. The number of fused-ring (bicyclic) bond motifs is 1. The Bertz CT molecular complexity index is 672. The molecule has 84 valence electrons. The van der Waals surface area contributed by atoms with Crippen LogP contribution in [0.3, 0.4) is 0 Å². The van der Waals surface area contributed by atoms with Crippen LogP contribution in [-0.2, 0) is 0 Å². The molecular weight excluding hydrogens is 214 g/mol. The minimum Gasteiger partial charge on any atom is -0.382 e. The SMILES string of the molecule is Cc1nc2[nH]nc(N)c2cc1-c1ccncc1. The highest BCUT2D eigenvalue weighted by molar-refractivity contribution is 5.90. The molecule has 0 aromatic carbocycles. The number of nitrogens with one attached hydrogen (secondary N) is 1. The number of aromatic amines is 1. The molecule has 0 saturated heterocycles. The van der Waals surface area contributed by atoms with Crippen LogP contribution in [0.1, 0.15) is 5.69 Å². The summed E-state index contributed by atoms with van der Waals surface area (Å²) < 4.78 is 0. The van der Waals surface area contributed by atoms with Crippen molar-refractivity contribution in [2.45, 2.75) is 6.92 Å². The summed E-state index contributed by atoms with van der Waals surface area (Å²) in [7, 11) is 0. The van der Waals surface area contributed by atoms with E-state index < -0.39 is 0 Å². The van der Waals surface area contributed by atoms with Crippen LogP contribution in [-0.4, -0.2) is 20.2 Å². The van der Waals surface area contributed by atoms with Crippen LogP contribution in [0.4, 0.5) is 5.82 Å². The van der Waals surface area contributed by atoms with Crippen molar-refractivity contribution in [1.82, 2.24) is 20.2 Å². The molecule has 0 aliphatic rings. The molecule has 3 aromatic rings. The van der Waals surface area contributed by atoms with Crippen molar-refractivity contribution in [3.8, 4) is 11.1 Å². The molecule has 0 aliphatic carbocycles. The monoisotopic (exact) mass is 225 g/mol. The van der Waals surface area contributed by atoms with Gasteiger partial charge in [0.2, 0.25) is 0 Å². The average Bonchev–Trinajstić information content (AvgIpc) is 2.70. The van der Waals surface area contributed by atoms with Gasteiger partial charge in [0.1, 0.15) is 0 Å². The van der Waals surface area contributed by atoms with Gasteiger partial charge in [0.25, 0.3) is 0 Å². The number of nitrogen functional groups attached to an aromatic ring is 1. The molecule has 0 spiro atoms. The number of nitrogens with two attached hydrogens (primary N) is 1. The van der Waals surface area contributed by atoms with Crippen LogP contribution in [0.15, 0.2) is 30.6 Å². The zero-order chi connectivity index (χ0) is 11.8. The maximum absolute atomic E-state index is 5.78. The first kappa shape index (κ1) is 9.77. The number of hydrogen-bond acceptors (Lipinski definition) is 4. The van der Waals surface area contributed by atoms with E-state index >= 15 is 0 Å². The van der Waals surface area contributed by atoms with Crippen LogP contribution in [0.2, 0.25) is 0 Å². The molecule has 0 unspecified atom stereocenters. The molecule has 5 nitrogen and oxygen atoms in total. The van der Waals surface area contributed by atoms with Gasteiger partial charge >= 0.3 is 0 Å². The summed E-state index contributed by atoms with van der Waals surface area (Å²) >= 11 is 0. The summed E-state index contributed by atoms with van der Waals surface area (Å²) in [5.74, 6) is 0.475. The molecule has 0 radical (unpaired) electrons. The van der Waals surface area contributed by atoms with E-state index in [1.165, 1.54) is 0 Å². The Balaban J connectivity index is 2.29. The molecule has 0 fully saturated rings. The Morgan fingerprint density at radius 2 is 2.00 bits per heavy atom. The number of nitrogens with zero attached hydrogens (tertiary/aromatic N) is 3. The lowest BCUT2D eigenvalue weighted by atomic mass is 10.0. The standard InChI is InChI=1S/C12H11N5/c1-7-9(8-2-4-14-5-3-8)6-10-11(13)16-17-12(10)15-7/h2-6H,1H3,(H3,13,15,16,17). The topological polar surface area (TPSA) is 80.5 Å². The van der Waals surface area contributed by atoms with Gasteiger partial charge in [0.05, 0.1) is 5.39 Å². The first-order chi connectivity index (χ1) is 8.25. The molecule has 5 heteroatoms. The lowest BCUT2D eigenvalue weighted by Crippen LogP contribution is -1.90. The highest BCUT2D eigenvalue weighted by atomic mass is 15.2. The van der Waals surface area contributed by atoms with Crippen molar-refractivity contribution >= 4 is 16.9 Å². The fourth-order valence-corrected chi connectivity index (χ4v) is 1.88. The molecule has 3 rings (SSSR count). The van der Waals surface area contributed by atoms with Crippen LogP contribution in [0, 0.1) is 6.92 Å². The zero-order valence-corrected chi connectivity index (χ0v) is 9.31. The van der Waals surface area contributed by atoms with Crippen LogP contribution in [0.5, 0.6) is 0 Å². The summed E-state index contributed by atoms with van der Waals surface area (Å²) in [6.07, 6.45) is 3.52. The fraction of sp³-hybridized carbons (Fsp3) is 0.0833. The van der Waals surface area contributed by atoms with Crippen molar-refractivity contribution in [3.05, 3.63) is 36.3 Å². The van der Waals surface area contributed by atoms with Gasteiger partial charge in [-0.1, -0.05) is 0 Å². The second kappa shape index (κ2) is 3.55. The van der Waals surface area contributed by atoms with Gasteiger partial charge in [-0.2, -0.15) is 5.10 Å². The number of rotatable bonds is 1. The smallest absolute Gasteiger partial charge is 0.157 e. The summed E-state index contributed by atoms with van der Waals surface area (Å²) in [6, 6.07) is 5.91. The van der Waals surface area contributed by atoms with Crippen molar-refractivity contribution in [1.29, 1.82) is 0 Å². The maximum atomic E-state index is 5.78. The minimum absolute atomic E-state index is 0.475. The summed E-state index contributed by atoms with van der Waals surface area (Å²) in [5, 5.41) is 7.61. The van der Waals surface area contributed by atoms with Crippen LogP contribution >= 0.6 is 0 Å². The molecule has 0 saturated carbocycles. The summed E-state index contributed by atoms with van der Waals surface area (Å²) in [6.45, 7) is 1.96. The van der Waals surface area contributed by atoms with Crippen LogP contribution < -0.4 is 5.73 Å². The Kier molecular flexibility index (Phi) is 2.04. The van der Waals surface area contributed by atoms with E-state index in [-0.39, 0.29) is 0 Å². The van der Waals surface area contributed by atoms with Gasteiger partial charge in [-0.25, -0.2) is 4.98 Å². The predicted molar refractivity (Wildman–Crippen MR) is 66.3 cm³/mol. The Morgan fingerprint density at radius 1 is 1.24 bits per heavy atom. The number of pyridine rings is 2. The molecule has 0 aliphatic heterocycles. The molecular formula is C12H11N5. The largest absolute Gasteiger partial charge is 0.382 e. The van der Waals surface area contributed by atoms with Gasteiger partial charge in [-0.15, -0.1) is 0 Å². The molecule has 0 amide bonds. The highest BCUT2D eigenvalue weighted by Gasteiger charge is 2.09. The van der Waals surface area contributed by atoms with E-state index in [0.29, 0.717) is 5.82 Å². The number of aromatic nitrogens is 4. The minimum atomic E-state index is 0.475. The summed E-state index contributed by atoms with van der Waals surface area (Å²) in [4.78, 5) is 8.46. The van der Waals surface area contributed by atoms with E-state index in [0.717, 1.165) is 27.9 Å². The number of H-pyrrole nitrogens is 1.